The third-order valence-electron chi connectivity index (χ3n) is 11.1. The second kappa shape index (κ2) is 27.6. The number of halogens is 2. The van der Waals surface area contributed by atoms with Crippen LogP contribution in [0.4, 0.5) is 0 Å². The van der Waals surface area contributed by atoms with Gasteiger partial charge in [-0.2, -0.15) is 8.75 Å². The average Bonchev–Trinajstić information content (AvgIpc) is 3.96. The van der Waals surface area contributed by atoms with Crippen molar-refractivity contribution in [1.82, 2.24) is 8.75 Å². The molecule has 4 nitrogen and oxygen atoms in total. The lowest BCUT2D eigenvalue weighted by Gasteiger charge is -2.25. The van der Waals surface area contributed by atoms with Crippen molar-refractivity contribution in [3.8, 4) is 32.4 Å². The number of ether oxygens (including phenoxy) is 2. The highest BCUT2D eigenvalue weighted by Crippen LogP contribution is 2.53. The number of hydrogen-bond donors (Lipinski definition) is 0. The summed E-state index contributed by atoms with van der Waals surface area (Å²) in [5.41, 5.74) is 3.90. The van der Waals surface area contributed by atoms with Gasteiger partial charge in [0.25, 0.3) is 0 Å². The molecule has 3 aromatic heterocycles. The highest BCUT2D eigenvalue weighted by molar-refractivity contribution is 9.11. The van der Waals surface area contributed by atoms with Crippen LogP contribution in [0.3, 0.4) is 0 Å². The third kappa shape index (κ3) is 15.9. The Labute approximate surface area is 364 Å². The molecule has 3 heterocycles. The molecule has 9 heteroatoms. The minimum Gasteiger partial charge on any atom is -0.489 e. The van der Waals surface area contributed by atoms with Crippen molar-refractivity contribution < 1.29 is 9.47 Å². The van der Waals surface area contributed by atoms with Crippen LogP contribution < -0.4 is 9.47 Å². The van der Waals surface area contributed by atoms with Crippen LogP contribution in [0.5, 0.6) is 11.5 Å². The lowest BCUT2D eigenvalue weighted by Crippen LogP contribution is -2.16. The van der Waals surface area contributed by atoms with Crippen LogP contribution in [0.15, 0.2) is 31.8 Å². The van der Waals surface area contributed by atoms with Crippen LogP contribution in [-0.2, 0) is 0 Å². The first-order valence-corrected chi connectivity index (χ1v) is 26.0. The molecule has 55 heavy (non-hydrogen) atoms. The van der Waals surface area contributed by atoms with Crippen LogP contribution in [0, 0.1) is 11.8 Å². The summed E-state index contributed by atoms with van der Waals surface area (Å²) >= 11 is 12.3. The smallest absolute Gasteiger partial charge is 0.172 e. The highest BCUT2D eigenvalue weighted by Gasteiger charge is 2.30. The molecule has 0 fully saturated rings. The summed E-state index contributed by atoms with van der Waals surface area (Å²) in [6.07, 6.45) is 31.1. The number of fused-ring (bicyclic) bond motifs is 1. The lowest BCUT2D eigenvalue weighted by molar-refractivity contribution is 0.194. The molecule has 0 saturated heterocycles. The number of benzene rings is 1. The van der Waals surface area contributed by atoms with Gasteiger partial charge in [0.05, 0.1) is 43.6 Å². The monoisotopic (exact) mass is 936 g/mol. The fourth-order valence-corrected chi connectivity index (χ4v) is 11.2. The van der Waals surface area contributed by atoms with Gasteiger partial charge in [-0.1, -0.05) is 156 Å². The molecule has 308 valence electrons. The second-order valence-corrected chi connectivity index (χ2v) is 21.2. The van der Waals surface area contributed by atoms with Gasteiger partial charge in [0.2, 0.25) is 0 Å². The van der Waals surface area contributed by atoms with Crippen LogP contribution >= 0.6 is 66.3 Å². The van der Waals surface area contributed by atoms with Crippen LogP contribution in [0.1, 0.15) is 182 Å². The first-order chi connectivity index (χ1) is 27.0. The number of thiophene rings is 2. The predicted molar refractivity (Wildman–Crippen MR) is 251 cm³/mol. The van der Waals surface area contributed by atoms with Crippen LogP contribution in [0.25, 0.3) is 31.9 Å². The Morgan fingerprint density at radius 2 is 0.800 bits per heavy atom. The van der Waals surface area contributed by atoms with Gasteiger partial charge in [-0.3, -0.25) is 0 Å². The molecule has 2 atom stereocenters. The zero-order chi connectivity index (χ0) is 39.1. The van der Waals surface area contributed by atoms with E-state index in [2.05, 4.69) is 83.8 Å². The normalized spacial score (nSPS) is 12.8. The fraction of sp³-hybridized carbons (Fsp3) is 0.696. The largest absolute Gasteiger partial charge is 0.489 e. The number of nitrogens with zero attached hydrogens (tertiary/aromatic N) is 2. The molecule has 0 bridgehead atoms. The first-order valence-electron chi connectivity index (χ1n) is 22.1. The van der Waals surface area contributed by atoms with E-state index < -0.39 is 0 Å². The zero-order valence-electron chi connectivity index (χ0n) is 34.5. The molecular formula is C46H70Br2N2O2S3. The number of unbranched alkanes of at least 4 members (excludes halogenated alkanes) is 16. The highest BCUT2D eigenvalue weighted by atomic mass is 79.9. The maximum Gasteiger partial charge on any atom is 0.172 e. The SMILES string of the molecule is CCCCCCCCC(CCCCCC)COc1c(OCC(CCCCCC)CCCCCCCC)c(-c2ccc(Br)s2)c2nsnc2c1-c1ccc(Br)s1. The van der Waals surface area contributed by atoms with Crippen molar-refractivity contribution in [2.45, 2.75) is 182 Å². The summed E-state index contributed by atoms with van der Waals surface area (Å²) in [4.78, 5) is 2.28. The van der Waals surface area contributed by atoms with E-state index in [0.29, 0.717) is 25.0 Å². The van der Waals surface area contributed by atoms with Gasteiger partial charge in [-0.25, -0.2) is 0 Å². The van der Waals surface area contributed by atoms with E-state index in [1.54, 1.807) is 22.7 Å². The topological polar surface area (TPSA) is 44.2 Å². The van der Waals surface area contributed by atoms with E-state index in [4.69, 9.17) is 18.2 Å². The van der Waals surface area contributed by atoms with Crippen molar-refractivity contribution in [1.29, 1.82) is 0 Å². The second-order valence-electron chi connectivity index (χ2n) is 15.7. The minimum atomic E-state index is 0.515. The Morgan fingerprint density at radius 3 is 1.13 bits per heavy atom. The molecule has 4 rings (SSSR count). The molecule has 0 N–H and O–H groups in total. The van der Waals surface area contributed by atoms with Gasteiger partial charge < -0.3 is 9.47 Å². The standard InChI is InChI=1S/C46H70Br2N2O2S3/c1-5-9-13-17-19-23-27-35(25-21-15-11-7-3)33-51-45-41(37-29-31-39(47)53-37)43-44(50-55-49-43)42(38-30-32-40(48)54-38)46(45)52-34-36(26-22-16-12-8-4)28-24-20-18-14-10-6-2/h29-32,35-36H,5-28,33-34H2,1-4H3. The number of hydrogen-bond acceptors (Lipinski definition) is 7. The molecule has 0 amide bonds. The number of aromatic nitrogens is 2. The molecule has 0 spiro atoms. The number of rotatable bonds is 32. The minimum absolute atomic E-state index is 0.515. The maximum atomic E-state index is 7.27. The maximum absolute atomic E-state index is 7.27. The van der Waals surface area contributed by atoms with Crippen LogP contribution in [0.2, 0.25) is 0 Å². The molecule has 0 radical (unpaired) electrons. The summed E-state index contributed by atoms with van der Waals surface area (Å²) in [5.74, 6) is 2.75. The van der Waals surface area contributed by atoms with Gasteiger partial charge in [0, 0.05) is 9.75 Å². The predicted octanol–water partition coefficient (Wildman–Crippen LogP) is 18.1. The van der Waals surface area contributed by atoms with Gasteiger partial charge in [0.1, 0.15) is 11.0 Å². The summed E-state index contributed by atoms with van der Waals surface area (Å²) in [6.45, 7) is 10.6. The Hall–Kier alpha value is -1.000. The van der Waals surface area contributed by atoms with Crippen molar-refractivity contribution >= 4 is 77.3 Å². The van der Waals surface area contributed by atoms with Gasteiger partial charge >= 0.3 is 0 Å². The Balaban J connectivity index is 1.72. The van der Waals surface area contributed by atoms with E-state index in [0.717, 1.165) is 51.0 Å². The van der Waals surface area contributed by atoms with Crippen molar-refractivity contribution in [3.63, 3.8) is 0 Å². The quantitative estimate of drug-likeness (QED) is 0.0458. The molecule has 0 saturated carbocycles. The van der Waals surface area contributed by atoms with E-state index in [1.807, 2.05) is 0 Å². The first kappa shape index (κ1) is 46.7. The van der Waals surface area contributed by atoms with E-state index in [-0.39, 0.29) is 0 Å². The average molecular weight is 939 g/mol. The third-order valence-corrected chi connectivity index (χ3v) is 14.9. The van der Waals surface area contributed by atoms with E-state index >= 15 is 0 Å². The fourth-order valence-electron chi connectivity index (χ4n) is 7.76. The molecule has 0 aliphatic carbocycles. The zero-order valence-corrected chi connectivity index (χ0v) is 40.2. The summed E-state index contributed by atoms with van der Waals surface area (Å²) in [6, 6.07) is 8.69. The Morgan fingerprint density at radius 1 is 0.473 bits per heavy atom. The molecule has 0 aliphatic heterocycles. The lowest BCUT2D eigenvalue weighted by atomic mass is 9.94. The van der Waals surface area contributed by atoms with E-state index in [9.17, 15) is 0 Å². The molecular weight excluding hydrogens is 869 g/mol. The van der Waals surface area contributed by atoms with E-state index in [1.165, 1.54) is 166 Å². The molecule has 0 aliphatic rings. The summed E-state index contributed by atoms with van der Waals surface area (Å²) in [7, 11) is 0. The molecule has 2 unspecified atom stereocenters. The molecule has 1 aromatic carbocycles. The van der Waals surface area contributed by atoms with Crippen molar-refractivity contribution in [3.05, 3.63) is 31.8 Å². The van der Waals surface area contributed by atoms with Gasteiger partial charge in [-0.15, -0.1) is 22.7 Å². The van der Waals surface area contributed by atoms with Gasteiger partial charge in [-0.05, 0) is 93.6 Å². The van der Waals surface area contributed by atoms with Crippen molar-refractivity contribution in [2.24, 2.45) is 11.8 Å². The van der Waals surface area contributed by atoms with Gasteiger partial charge in [0.15, 0.2) is 11.5 Å². The summed E-state index contributed by atoms with van der Waals surface area (Å²) in [5, 5.41) is 0. The molecule has 4 aromatic rings. The van der Waals surface area contributed by atoms with Crippen molar-refractivity contribution in [2.75, 3.05) is 13.2 Å². The Bertz CT molecular complexity index is 1490. The summed E-state index contributed by atoms with van der Waals surface area (Å²) < 4.78 is 26.7. The van der Waals surface area contributed by atoms with Crippen LogP contribution in [-0.4, -0.2) is 22.0 Å². The Kier molecular flexibility index (Phi) is 23.5.